The molecule has 0 fully saturated rings. The SMILES string of the molecule is N#Cc1ccc(-c2ccc(-c3ccccc3-c3nc(-c4ccccc4)nc(-c4ccccc4)n3)cc2-c2nc(-c3ccccc3)nc(-c3ccccc3)n2)cc1. The molecule has 0 aliphatic rings. The minimum absolute atomic E-state index is 0.522. The normalized spacial score (nSPS) is 10.8. The lowest BCUT2D eigenvalue weighted by molar-refractivity contribution is 1.07. The van der Waals surface area contributed by atoms with Crippen LogP contribution in [-0.2, 0) is 0 Å². The molecule has 0 radical (unpaired) electrons. The van der Waals surface area contributed by atoms with Crippen molar-refractivity contribution in [2.75, 3.05) is 0 Å². The number of hydrogen-bond acceptors (Lipinski definition) is 7. The maximum absolute atomic E-state index is 9.56. The zero-order valence-electron chi connectivity index (χ0n) is 30.0. The van der Waals surface area contributed by atoms with Gasteiger partial charge in [0.05, 0.1) is 11.6 Å². The monoisotopic (exact) mass is 717 g/mol. The van der Waals surface area contributed by atoms with Gasteiger partial charge in [-0.15, -0.1) is 0 Å². The summed E-state index contributed by atoms with van der Waals surface area (Å²) in [7, 11) is 0. The lowest BCUT2D eigenvalue weighted by Crippen LogP contribution is -2.02. The van der Waals surface area contributed by atoms with E-state index in [4.69, 9.17) is 29.9 Å². The molecule has 0 saturated carbocycles. The van der Waals surface area contributed by atoms with Crippen LogP contribution < -0.4 is 0 Å². The second-order valence-electron chi connectivity index (χ2n) is 13.1. The maximum Gasteiger partial charge on any atom is 0.164 e. The number of rotatable bonds is 8. The van der Waals surface area contributed by atoms with Crippen molar-refractivity contribution >= 4 is 0 Å². The van der Waals surface area contributed by atoms with Gasteiger partial charge in [-0.2, -0.15) is 5.26 Å². The van der Waals surface area contributed by atoms with Crippen molar-refractivity contribution in [2.24, 2.45) is 0 Å². The molecule has 0 N–H and O–H groups in total. The number of hydrogen-bond donors (Lipinski definition) is 0. The Labute approximate surface area is 324 Å². The summed E-state index contributed by atoms with van der Waals surface area (Å²) in [6.45, 7) is 0. The highest BCUT2D eigenvalue weighted by molar-refractivity contribution is 5.89. The Kier molecular flexibility index (Phi) is 9.18. The molecule has 0 atom stereocenters. The lowest BCUT2D eigenvalue weighted by Gasteiger charge is -2.16. The van der Waals surface area contributed by atoms with Gasteiger partial charge in [-0.1, -0.05) is 170 Å². The first kappa shape index (κ1) is 33.9. The molecule has 2 aromatic heterocycles. The van der Waals surface area contributed by atoms with Crippen molar-refractivity contribution in [3.8, 4) is 96.7 Å². The first-order valence-electron chi connectivity index (χ1n) is 18.2. The van der Waals surface area contributed by atoms with Gasteiger partial charge in [-0.05, 0) is 40.5 Å². The second kappa shape index (κ2) is 15.2. The Hall–Kier alpha value is -7.95. The van der Waals surface area contributed by atoms with Crippen molar-refractivity contribution in [1.29, 1.82) is 5.26 Å². The first-order chi connectivity index (χ1) is 27.7. The zero-order chi connectivity index (χ0) is 37.7. The third-order valence-corrected chi connectivity index (χ3v) is 9.46. The average Bonchev–Trinajstić information content (AvgIpc) is 3.29. The topological polar surface area (TPSA) is 101 Å². The largest absolute Gasteiger partial charge is 0.208 e. The van der Waals surface area contributed by atoms with Gasteiger partial charge in [0, 0.05) is 33.4 Å². The third kappa shape index (κ3) is 6.94. The van der Waals surface area contributed by atoms with Crippen LogP contribution in [-0.4, -0.2) is 29.9 Å². The van der Waals surface area contributed by atoms with E-state index in [1.54, 1.807) is 0 Å². The van der Waals surface area contributed by atoms with Crippen molar-refractivity contribution in [3.63, 3.8) is 0 Å². The Morgan fingerprint density at radius 2 is 0.607 bits per heavy atom. The fourth-order valence-corrected chi connectivity index (χ4v) is 6.66. The third-order valence-electron chi connectivity index (χ3n) is 9.46. The fourth-order valence-electron chi connectivity index (χ4n) is 6.66. The molecule has 0 spiro atoms. The van der Waals surface area contributed by atoms with Crippen LogP contribution >= 0.6 is 0 Å². The van der Waals surface area contributed by atoms with Gasteiger partial charge in [-0.3, -0.25) is 0 Å². The number of aromatic nitrogens is 6. The van der Waals surface area contributed by atoms with E-state index in [1.165, 1.54) is 0 Å². The smallest absolute Gasteiger partial charge is 0.164 e. The van der Waals surface area contributed by atoms with Gasteiger partial charge >= 0.3 is 0 Å². The minimum Gasteiger partial charge on any atom is -0.208 e. The van der Waals surface area contributed by atoms with E-state index in [0.29, 0.717) is 40.5 Å². The van der Waals surface area contributed by atoms with Gasteiger partial charge in [0.25, 0.3) is 0 Å². The molecule has 56 heavy (non-hydrogen) atoms. The van der Waals surface area contributed by atoms with E-state index >= 15 is 0 Å². The summed E-state index contributed by atoms with van der Waals surface area (Å²) in [6, 6.07) is 64.1. The fraction of sp³-hybridized carbons (Fsp3) is 0. The van der Waals surface area contributed by atoms with E-state index < -0.39 is 0 Å². The van der Waals surface area contributed by atoms with Crippen molar-refractivity contribution < 1.29 is 0 Å². The molecule has 2 heterocycles. The maximum atomic E-state index is 9.56. The van der Waals surface area contributed by atoms with Crippen LogP contribution in [0.5, 0.6) is 0 Å². The molecule has 0 unspecified atom stereocenters. The molecule has 9 rings (SSSR count). The van der Waals surface area contributed by atoms with Crippen LogP contribution in [0.3, 0.4) is 0 Å². The summed E-state index contributed by atoms with van der Waals surface area (Å²) in [5.74, 6) is 3.40. The predicted octanol–water partition coefficient (Wildman–Crippen LogP) is 11.3. The summed E-state index contributed by atoms with van der Waals surface area (Å²) >= 11 is 0. The Morgan fingerprint density at radius 3 is 1.04 bits per heavy atom. The molecule has 7 aromatic carbocycles. The molecule has 7 heteroatoms. The molecule has 0 aliphatic heterocycles. The highest BCUT2D eigenvalue weighted by atomic mass is 15.0. The van der Waals surface area contributed by atoms with Crippen LogP contribution in [0, 0.1) is 11.3 Å². The first-order valence-corrected chi connectivity index (χ1v) is 18.2. The highest BCUT2D eigenvalue weighted by Gasteiger charge is 2.20. The van der Waals surface area contributed by atoms with Gasteiger partial charge in [-0.25, -0.2) is 29.9 Å². The van der Waals surface area contributed by atoms with E-state index in [-0.39, 0.29) is 0 Å². The van der Waals surface area contributed by atoms with Crippen LogP contribution in [0.25, 0.3) is 90.6 Å². The molecule has 262 valence electrons. The van der Waals surface area contributed by atoms with Crippen LogP contribution in [0.2, 0.25) is 0 Å². The van der Waals surface area contributed by atoms with Crippen LogP contribution in [0.15, 0.2) is 188 Å². The van der Waals surface area contributed by atoms with Crippen molar-refractivity contribution in [1.82, 2.24) is 29.9 Å². The van der Waals surface area contributed by atoms with E-state index in [2.05, 4.69) is 30.3 Å². The van der Waals surface area contributed by atoms with Crippen molar-refractivity contribution in [3.05, 3.63) is 194 Å². The highest BCUT2D eigenvalue weighted by Crippen LogP contribution is 2.39. The molecule has 0 saturated heterocycles. The lowest BCUT2D eigenvalue weighted by atomic mass is 9.92. The van der Waals surface area contributed by atoms with Crippen molar-refractivity contribution in [2.45, 2.75) is 0 Å². The van der Waals surface area contributed by atoms with Gasteiger partial charge < -0.3 is 0 Å². The van der Waals surface area contributed by atoms with E-state index in [0.717, 1.165) is 55.6 Å². The predicted molar refractivity (Wildman–Crippen MR) is 221 cm³/mol. The summed E-state index contributed by atoms with van der Waals surface area (Å²) in [5, 5.41) is 9.56. The van der Waals surface area contributed by atoms with Crippen LogP contribution in [0.1, 0.15) is 5.56 Å². The Balaban J connectivity index is 1.26. The molecular formula is C49H31N7. The Morgan fingerprint density at radius 1 is 0.268 bits per heavy atom. The summed E-state index contributed by atoms with van der Waals surface area (Å²) < 4.78 is 0. The minimum atomic E-state index is 0.522. The van der Waals surface area contributed by atoms with Crippen LogP contribution in [0.4, 0.5) is 0 Å². The molecule has 7 nitrogen and oxygen atoms in total. The van der Waals surface area contributed by atoms with Gasteiger partial charge in [0.1, 0.15) is 0 Å². The molecule has 0 aliphatic carbocycles. The van der Waals surface area contributed by atoms with E-state index in [9.17, 15) is 5.26 Å². The number of benzene rings is 7. The van der Waals surface area contributed by atoms with Gasteiger partial charge in [0.2, 0.25) is 0 Å². The Bertz CT molecular complexity index is 2720. The molecular weight excluding hydrogens is 687 g/mol. The average molecular weight is 718 g/mol. The summed E-state index contributed by atoms with van der Waals surface area (Å²) in [5.41, 5.74) is 9.52. The summed E-state index contributed by atoms with van der Waals surface area (Å²) in [4.78, 5) is 30.2. The molecule has 0 bridgehead atoms. The number of nitriles is 1. The van der Waals surface area contributed by atoms with E-state index in [1.807, 2.05) is 164 Å². The second-order valence-corrected chi connectivity index (χ2v) is 13.1. The molecule has 9 aromatic rings. The standard InChI is InChI=1S/C49H31N7/c50-32-33-25-27-34(28-26-33)41-30-29-39(31-43(41)49-55-46(37-19-9-3-10-20-37)52-47(56-49)38-21-11-4-12-22-38)40-23-13-14-24-42(40)48-53-44(35-15-5-1-6-16-35)51-45(54-48)36-17-7-2-8-18-36/h1-31H. The zero-order valence-corrected chi connectivity index (χ0v) is 30.0. The van der Waals surface area contributed by atoms with Gasteiger partial charge in [0.15, 0.2) is 34.9 Å². The molecule has 0 amide bonds. The summed E-state index contributed by atoms with van der Waals surface area (Å²) in [6.07, 6.45) is 0. The number of nitrogens with zero attached hydrogens (tertiary/aromatic N) is 7. The quantitative estimate of drug-likeness (QED) is 0.154.